The first-order valence-electron chi connectivity index (χ1n) is 7.01. The van der Waals surface area contributed by atoms with Crippen LogP contribution in [0.4, 0.5) is 4.79 Å². The van der Waals surface area contributed by atoms with Crippen LogP contribution < -0.4 is 11.1 Å². The summed E-state index contributed by atoms with van der Waals surface area (Å²) in [5.74, 6) is 0. The number of nitrogens with one attached hydrogen (secondary N) is 1. The summed E-state index contributed by atoms with van der Waals surface area (Å²) >= 11 is 6.31. The van der Waals surface area contributed by atoms with Crippen molar-refractivity contribution >= 4 is 17.7 Å². The fourth-order valence-electron chi connectivity index (χ4n) is 1.97. The number of nitrogens with two attached hydrogens (primary N) is 1. The summed E-state index contributed by atoms with van der Waals surface area (Å²) in [6, 6.07) is 5.85. The van der Waals surface area contributed by atoms with Gasteiger partial charge >= 0.3 is 6.09 Å². The van der Waals surface area contributed by atoms with E-state index in [0.29, 0.717) is 18.1 Å². The maximum atomic E-state index is 11.8. The number of ether oxygens (including phenoxy) is 1. The fraction of sp³-hybridized carbons (Fsp3) is 0.562. The molecule has 1 unspecified atom stereocenters. The lowest BCUT2D eigenvalue weighted by Gasteiger charge is -2.30. The summed E-state index contributed by atoms with van der Waals surface area (Å²) in [4.78, 5) is 11.8. The van der Waals surface area contributed by atoms with E-state index in [1.807, 2.05) is 52.8 Å². The smallest absolute Gasteiger partial charge is 0.407 e. The molecule has 0 aromatic heterocycles. The fourth-order valence-corrected chi connectivity index (χ4v) is 2.43. The van der Waals surface area contributed by atoms with Crippen molar-refractivity contribution in [3.8, 4) is 0 Å². The van der Waals surface area contributed by atoms with E-state index in [1.54, 1.807) is 0 Å². The van der Waals surface area contributed by atoms with Gasteiger partial charge in [0.2, 0.25) is 0 Å². The zero-order valence-electron chi connectivity index (χ0n) is 13.4. The maximum absolute atomic E-state index is 11.8. The Morgan fingerprint density at radius 3 is 2.43 bits per heavy atom. The molecule has 0 radical (unpaired) electrons. The molecule has 5 heteroatoms. The average Bonchev–Trinajstić information content (AvgIpc) is 2.34. The molecule has 0 spiro atoms. The van der Waals surface area contributed by atoms with Crippen LogP contribution in [0.2, 0.25) is 5.02 Å². The number of carbonyl (C=O) groups is 1. The number of amides is 1. The van der Waals surface area contributed by atoms with Gasteiger partial charge in [0.1, 0.15) is 5.60 Å². The molecular weight excluding hydrogens is 288 g/mol. The number of alkyl carbamates (subject to hydrolysis) is 1. The second-order valence-corrected chi connectivity index (χ2v) is 7.01. The van der Waals surface area contributed by atoms with E-state index in [0.717, 1.165) is 11.1 Å². The van der Waals surface area contributed by atoms with Crippen molar-refractivity contribution < 1.29 is 9.53 Å². The van der Waals surface area contributed by atoms with Crippen molar-refractivity contribution in [2.24, 2.45) is 5.73 Å². The Balaban J connectivity index is 2.83. The molecule has 0 saturated carbocycles. The van der Waals surface area contributed by atoms with E-state index in [1.165, 1.54) is 0 Å². The zero-order chi connectivity index (χ0) is 16.3. The molecule has 1 rings (SSSR count). The third kappa shape index (κ3) is 5.21. The quantitative estimate of drug-likeness (QED) is 0.895. The zero-order valence-corrected chi connectivity index (χ0v) is 14.2. The van der Waals surface area contributed by atoms with Gasteiger partial charge in [0, 0.05) is 23.5 Å². The van der Waals surface area contributed by atoms with Crippen LogP contribution in [-0.4, -0.2) is 24.8 Å². The minimum atomic E-state index is -0.523. The molecule has 1 aromatic rings. The lowest BCUT2D eigenvalue weighted by molar-refractivity contribution is 0.0516. The Kier molecular flexibility index (Phi) is 5.65. The standard InChI is InChI=1S/C16H25ClN2O2/c1-11-6-7-12(13(17)8-11)16(5,9-18)10-19-14(20)21-15(2,3)4/h6-8H,9-10,18H2,1-5H3,(H,19,20). The van der Waals surface area contributed by atoms with Gasteiger partial charge in [0.15, 0.2) is 0 Å². The van der Waals surface area contributed by atoms with Gasteiger partial charge in [-0.2, -0.15) is 0 Å². The number of benzene rings is 1. The van der Waals surface area contributed by atoms with Gasteiger partial charge in [-0.25, -0.2) is 4.79 Å². The largest absolute Gasteiger partial charge is 0.444 e. The molecule has 118 valence electrons. The van der Waals surface area contributed by atoms with Gasteiger partial charge in [-0.05, 0) is 44.9 Å². The van der Waals surface area contributed by atoms with Gasteiger partial charge in [-0.1, -0.05) is 30.7 Å². The molecule has 4 nitrogen and oxygen atoms in total. The van der Waals surface area contributed by atoms with E-state index in [-0.39, 0.29) is 0 Å². The van der Waals surface area contributed by atoms with E-state index in [2.05, 4.69) is 5.32 Å². The van der Waals surface area contributed by atoms with Crippen LogP contribution in [0.3, 0.4) is 0 Å². The van der Waals surface area contributed by atoms with Gasteiger partial charge in [0.25, 0.3) is 0 Å². The molecular formula is C16H25ClN2O2. The Bertz CT molecular complexity index is 511. The highest BCUT2D eigenvalue weighted by molar-refractivity contribution is 6.31. The van der Waals surface area contributed by atoms with Crippen molar-refractivity contribution in [2.75, 3.05) is 13.1 Å². The monoisotopic (exact) mass is 312 g/mol. The SMILES string of the molecule is Cc1ccc(C(C)(CN)CNC(=O)OC(C)(C)C)c(Cl)c1. The summed E-state index contributed by atoms with van der Waals surface area (Å²) in [5.41, 5.74) is 6.95. The molecule has 0 bridgehead atoms. The predicted octanol–water partition coefficient (Wildman–Crippen LogP) is 3.39. The maximum Gasteiger partial charge on any atom is 0.407 e. The Morgan fingerprint density at radius 1 is 1.33 bits per heavy atom. The number of carbonyl (C=O) groups excluding carboxylic acids is 1. The average molecular weight is 313 g/mol. The van der Waals surface area contributed by atoms with Gasteiger partial charge in [-0.3, -0.25) is 0 Å². The summed E-state index contributed by atoms with van der Waals surface area (Å²) in [6.07, 6.45) is -0.453. The van der Waals surface area contributed by atoms with Crippen LogP contribution in [0.15, 0.2) is 18.2 Å². The van der Waals surface area contributed by atoms with Crippen LogP contribution in [0.5, 0.6) is 0 Å². The van der Waals surface area contributed by atoms with Crippen molar-refractivity contribution in [2.45, 2.75) is 45.6 Å². The molecule has 0 aliphatic heterocycles. The number of rotatable bonds is 4. The van der Waals surface area contributed by atoms with Crippen LogP contribution >= 0.6 is 11.6 Å². The van der Waals surface area contributed by atoms with Gasteiger partial charge in [0.05, 0.1) is 0 Å². The van der Waals surface area contributed by atoms with E-state index < -0.39 is 17.1 Å². The topological polar surface area (TPSA) is 64.3 Å². The lowest BCUT2D eigenvalue weighted by atomic mass is 9.82. The first-order valence-corrected chi connectivity index (χ1v) is 7.39. The number of hydrogen-bond acceptors (Lipinski definition) is 3. The van der Waals surface area contributed by atoms with Gasteiger partial charge < -0.3 is 15.8 Å². The molecule has 0 fully saturated rings. The highest BCUT2D eigenvalue weighted by Gasteiger charge is 2.29. The highest BCUT2D eigenvalue weighted by atomic mass is 35.5. The molecule has 0 saturated heterocycles. The summed E-state index contributed by atoms with van der Waals surface area (Å²) in [5, 5.41) is 3.43. The van der Waals surface area contributed by atoms with Crippen LogP contribution in [0.25, 0.3) is 0 Å². The Morgan fingerprint density at radius 2 is 1.95 bits per heavy atom. The number of halogens is 1. The molecule has 21 heavy (non-hydrogen) atoms. The second-order valence-electron chi connectivity index (χ2n) is 6.60. The van der Waals surface area contributed by atoms with Crippen LogP contribution in [0, 0.1) is 6.92 Å². The second kappa shape index (κ2) is 6.67. The number of aryl methyl sites for hydroxylation is 1. The minimum absolute atomic E-state index is 0.362. The summed E-state index contributed by atoms with van der Waals surface area (Å²) in [7, 11) is 0. The first-order chi connectivity index (χ1) is 9.57. The third-order valence-electron chi connectivity index (χ3n) is 3.25. The predicted molar refractivity (Wildman–Crippen MR) is 86.8 cm³/mol. The van der Waals surface area contributed by atoms with Crippen LogP contribution in [-0.2, 0) is 10.2 Å². The van der Waals surface area contributed by atoms with Crippen LogP contribution in [0.1, 0.15) is 38.8 Å². The van der Waals surface area contributed by atoms with Crippen molar-refractivity contribution in [3.63, 3.8) is 0 Å². The molecule has 0 aliphatic carbocycles. The highest BCUT2D eigenvalue weighted by Crippen LogP contribution is 2.30. The van der Waals surface area contributed by atoms with E-state index in [9.17, 15) is 4.79 Å². The van der Waals surface area contributed by atoms with E-state index >= 15 is 0 Å². The van der Waals surface area contributed by atoms with E-state index in [4.69, 9.17) is 22.1 Å². The molecule has 0 aliphatic rings. The molecule has 0 heterocycles. The van der Waals surface area contributed by atoms with Crippen molar-refractivity contribution in [1.29, 1.82) is 0 Å². The first kappa shape index (κ1) is 17.8. The molecule has 1 amide bonds. The normalized spacial score (nSPS) is 14.4. The lowest BCUT2D eigenvalue weighted by Crippen LogP contribution is -2.45. The van der Waals surface area contributed by atoms with Crippen molar-refractivity contribution in [1.82, 2.24) is 5.32 Å². The summed E-state index contributed by atoms with van der Waals surface area (Å²) in [6.45, 7) is 10.2. The van der Waals surface area contributed by atoms with Crippen molar-refractivity contribution in [3.05, 3.63) is 34.3 Å². The third-order valence-corrected chi connectivity index (χ3v) is 3.56. The Labute approximate surface area is 132 Å². The van der Waals surface area contributed by atoms with Gasteiger partial charge in [-0.15, -0.1) is 0 Å². The minimum Gasteiger partial charge on any atom is -0.444 e. The Hall–Kier alpha value is -1.26. The molecule has 1 atom stereocenters. The molecule has 1 aromatic carbocycles. The molecule has 3 N–H and O–H groups in total. The number of hydrogen-bond donors (Lipinski definition) is 2. The summed E-state index contributed by atoms with van der Waals surface area (Å²) < 4.78 is 5.24.